The number of nitrogens with one attached hydrogen (secondary N) is 1. The number of carbonyl (C=O) groups excluding carboxylic acids is 1. The monoisotopic (exact) mass is 380 g/mol. The Hall–Kier alpha value is -2.72. The van der Waals surface area contributed by atoms with E-state index >= 15 is 0 Å². The summed E-state index contributed by atoms with van der Waals surface area (Å²) >= 11 is 0. The molecule has 2 aromatic rings. The van der Waals surface area contributed by atoms with Gasteiger partial charge in [-0.15, -0.1) is 0 Å². The van der Waals surface area contributed by atoms with Gasteiger partial charge in [-0.25, -0.2) is 0 Å². The summed E-state index contributed by atoms with van der Waals surface area (Å²) in [6, 6.07) is 2.05. The standard InChI is InChI=1S/C15H10F6N2O3/c1-6-13(25)23(5-14(16,17)18)10-2-7-8(15(19,20)21)3-12(24)22-9(7)4-11(10)26-6/h2-4,6H,5H2,1H3,(H,22,24). The molecule has 1 atom stereocenters. The summed E-state index contributed by atoms with van der Waals surface area (Å²) in [4.78, 5) is 26.0. The lowest BCUT2D eigenvalue weighted by atomic mass is 10.1. The molecular formula is C15H10F6N2O3. The molecule has 5 nitrogen and oxygen atoms in total. The normalized spacial score (nSPS) is 18.0. The number of amides is 1. The molecule has 0 bridgehead atoms. The van der Waals surface area contributed by atoms with Crippen molar-refractivity contribution in [1.29, 1.82) is 0 Å². The molecule has 140 valence electrons. The third kappa shape index (κ3) is 3.20. The maximum atomic E-state index is 13.2. The fourth-order valence-electron chi connectivity index (χ4n) is 2.73. The first-order valence-electron chi connectivity index (χ1n) is 7.20. The number of alkyl halides is 6. The van der Waals surface area contributed by atoms with Crippen molar-refractivity contribution in [2.24, 2.45) is 0 Å². The van der Waals surface area contributed by atoms with Crippen molar-refractivity contribution >= 4 is 22.5 Å². The van der Waals surface area contributed by atoms with Gasteiger partial charge in [-0.1, -0.05) is 0 Å². The number of aromatic nitrogens is 1. The lowest BCUT2D eigenvalue weighted by Gasteiger charge is -2.33. The highest BCUT2D eigenvalue weighted by Gasteiger charge is 2.41. The number of ether oxygens (including phenoxy) is 1. The van der Waals surface area contributed by atoms with E-state index in [9.17, 15) is 35.9 Å². The molecule has 0 radical (unpaired) electrons. The van der Waals surface area contributed by atoms with Gasteiger partial charge in [0.1, 0.15) is 12.3 Å². The fourth-order valence-corrected chi connectivity index (χ4v) is 2.73. The Morgan fingerprint density at radius 2 is 1.77 bits per heavy atom. The van der Waals surface area contributed by atoms with Crippen molar-refractivity contribution in [3.05, 3.63) is 34.1 Å². The van der Waals surface area contributed by atoms with Crippen LogP contribution in [-0.2, 0) is 11.0 Å². The van der Waals surface area contributed by atoms with Gasteiger partial charge in [0.15, 0.2) is 6.10 Å². The molecule has 1 aliphatic heterocycles. The van der Waals surface area contributed by atoms with Crippen LogP contribution in [0.15, 0.2) is 23.0 Å². The summed E-state index contributed by atoms with van der Waals surface area (Å²) in [5.74, 6) is -1.27. The average molecular weight is 380 g/mol. The highest BCUT2D eigenvalue weighted by Crippen LogP contribution is 2.41. The zero-order valence-electron chi connectivity index (χ0n) is 13.0. The zero-order chi connectivity index (χ0) is 19.4. The minimum atomic E-state index is -4.91. The van der Waals surface area contributed by atoms with Crippen LogP contribution in [0.4, 0.5) is 32.0 Å². The van der Waals surface area contributed by atoms with Crippen LogP contribution in [0.25, 0.3) is 10.9 Å². The number of halogens is 6. The molecule has 0 fully saturated rings. The van der Waals surface area contributed by atoms with Crippen LogP contribution in [0.3, 0.4) is 0 Å². The molecular weight excluding hydrogens is 370 g/mol. The van der Waals surface area contributed by atoms with Crippen molar-refractivity contribution in [2.75, 3.05) is 11.4 Å². The zero-order valence-corrected chi connectivity index (χ0v) is 13.0. The number of nitrogens with zero attached hydrogens (tertiary/aromatic N) is 1. The van der Waals surface area contributed by atoms with E-state index in [1.54, 1.807) is 0 Å². The second-order valence-corrected chi connectivity index (χ2v) is 5.71. The molecule has 3 rings (SSSR count). The number of rotatable bonds is 1. The molecule has 0 saturated carbocycles. The molecule has 2 heterocycles. The van der Waals surface area contributed by atoms with Gasteiger partial charge in [-0.2, -0.15) is 26.3 Å². The number of pyridine rings is 1. The third-order valence-electron chi connectivity index (χ3n) is 3.77. The molecule has 0 aliphatic carbocycles. The highest BCUT2D eigenvalue weighted by molar-refractivity contribution is 6.02. The van der Waals surface area contributed by atoms with E-state index in [0.29, 0.717) is 11.0 Å². The predicted octanol–water partition coefficient (Wildman–Crippen LogP) is 3.22. The number of benzene rings is 1. The summed E-state index contributed by atoms with van der Waals surface area (Å²) in [7, 11) is 0. The molecule has 1 unspecified atom stereocenters. The van der Waals surface area contributed by atoms with Crippen LogP contribution in [-0.4, -0.2) is 29.7 Å². The first kappa shape index (κ1) is 18.1. The van der Waals surface area contributed by atoms with Gasteiger partial charge in [0.05, 0.1) is 16.8 Å². The molecule has 1 N–H and O–H groups in total. The van der Waals surface area contributed by atoms with E-state index < -0.39 is 53.1 Å². The Balaban J connectivity index is 2.29. The van der Waals surface area contributed by atoms with E-state index in [4.69, 9.17) is 4.74 Å². The number of hydrogen-bond donors (Lipinski definition) is 1. The van der Waals surface area contributed by atoms with Crippen molar-refractivity contribution in [3.63, 3.8) is 0 Å². The first-order valence-corrected chi connectivity index (χ1v) is 7.20. The van der Waals surface area contributed by atoms with Gasteiger partial charge in [-0.3, -0.25) is 14.5 Å². The Morgan fingerprint density at radius 3 is 2.35 bits per heavy atom. The maximum Gasteiger partial charge on any atom is 0.417 e. The molecule has 11 heteroatoms. The lowest BCUT2D eigenvalue weighted by molar-refractivity contribution is -0.137. The van der Waals surface area contributed by atoms with Crippen LogP contribution in [0.2, 0.25) is 0 Å². The Morgan fingerprint density at radius 1 is 1.12 bits per heavy atom. The largest absolute Gasteiger partial charge is 0.479 e. The fraction of sp³-hybridized carbons (Fsp3) is 0.333. The molecule has 26 heavy (non-hydrogen) atoms. The first-order chi connectivity index (χ1) is 11.9. The second kappa shape index (κ2) is 5.64. The van der Waals surface area contributed by atoms with Crippen LogP contribution < -0.4 is 15.2 Å². The Bertz CT molecular complexity index is 947. The number of H-pyrrole nitrogens is 1. The Kier molecular flexibility index (Phi) is 3.93. The van der Waals surface area contributed by atoms with E-state index in [-0.39, 0.29) is 11.3 Å². The summed E-state index contributed by atoms with van der Waals surface area (Å²) in [6.45, 7) is -0.462. The van der Waals surface area contributed by atoms with Gasteiger partial charge in [0, 0.05) is 17.5 Å². The van der Waals surface area contributed by atoms with E-state index in [2.05, 4.69) is 4.98 Å². The summed E-state index contributed by atoms with van der Waals surface area (Å²) in [6.07, 6.45) is -10.9. The highest BCUT2D eigenvalue weighted by atomic mass is 19.4. The topological polar surface area (TPSA) is 62.4 Å². The van der Waals surface area contributed by atoms with Crippen LogP contribution >= 0.6 is 0 Å². The summed E-state index contributed by atoms with van der Waals surface area (Å²) < 4.78 is 83.2. The molecule has 1 aromatic carbocycles. The van der Waals surface area contributed by atoms with Gasteiger partial charge in [0.2, 0.25) is 5.56 Å². The molecule has 1 aromatic heterocycles. The van der Waals surface area contributed by atoms with Crippen LogP contribution in [0.1, 0.15) is 12.5 Å². The van der Waals surface area contributed by atoms with E-state index in [1.807, 2.05) is 0 Å². The number of aromatic amines is 1. The molecule has 1 amide bonds. The summed E-state index contributed by atoms with van der Waals surface area (Å²) in [5.41, 5.74) is -3.07. The number of carbonyl (C=O) groups is 1. The van der Waals surface area contributed by atoms with Gasteiger partial charge >= 0.3 is 12.4 Å². The quantitative estimate of drug-likeness (QED) is 0.773. The second-order valence-electron chi connectivity index (χ2n) is 5.71. The predicted molar refractivity (Wildman–Crippen MR) is 78.1 cm³/mol. The number of fused-ring (bicyclic) bond motifs is 2. The minimum Gasteiger partial charge on any atom is -0.479 e. The van der Waals surface area contributed by atoms with Crippen LogP contribution in [0.5, 0.6) is 5.75 Å². The maximum absolute atomic E-state index is 13.2. The van der Waals surface area contributed by atoms with Gasteiger partial charge < -0.3 is 9.72 Å². The smallest absolute Gasteiger partial charge is 0.417 e. The van der Waals surface area contributed by atoms with Crippen LogP contribution in [0, 0.1) is 0 Å². The van der Waals surface area contributed by atoms with Crippen molar-refractivity contribution in [2.45, 2.75) is 25.4 Å². The van der Waals surface area contributed by atoms with Gasteiger partial charge in [0.25, 0.3) is 5.91 Å². The van der Waals surface area contributed by atoms with Crippen molar-refractivity contribution < 1.29 is 35.9 Å². The third-order valence-corrected chi connectivity index (χ3v) is 3.77. The average Bonchev–Trinajstić information content (AvgIpc) is 2.47. The van der Waals surface area contributed by atoms with E-state index in [1.165, 1.54) is 6.92 Å². The number of hydrogen-bond acceptors (Lipinski definition) is 3. The SMILES string of the molecule is CC1Oc2cc3[nH]c(=O)cc(C(F)(F)F)c3cc2N(CC(F)(F)F)C1=O. The van der Waals surface area contributed by atoms with Gasteiger partial charge in [-0.05, 0) is 13.0 Å². The molecule has 1 aliphatic rings. The lowest BCUT2D eigenvalue weighted by Crippen LogP contribution is -2.48. The van der Waals surface area contributed by atoms with Crippen molar-refractivity contribution in [3.8, 4) is 5.75 Å². The minimum absolute atomic E-state index is 0.233. The summed E-state index contributed by atoms with van der Waals surface area (Å²) in [5, 5.41) is -0.547. The van der Waals surface area contributed by atoms with E-state index in [0.717, 1.165) is 12.1 Å². The Labute approximate surface area is 141 Å². The molecule has 0 spiro atoms. The van der Waals surface area contributed by atoms with Crippen molar-refractivity contribution in [1.82, 2.24) is 4.98 Å². The molecule has 0 saturated heterocycles. The number of anilines is 1.